The monoisotopic (exact) mass is 691 g/mol. The van der Waals surface area contributed by atoms with E-state index in [1.807, 2.05) is 5.48 Å². The summed E-state index contributed by atoms with van der Waals surface area (Å²) in [5.74, 6) is -2.30. The van der Waals surface area contributed by atoms with Crippen molar-refractivity contribution in [1.82, 2.24) is 15.8 Å². The molecule has 1 aliphatic rings. The van der Waals surface area contributed by atoms with Gasteiger partial charge in [-0.05, 0) is 74.7 Å². The molecule has 3 amide bonds. The number of carbonyl (C=O) groups is 4. The number of benzene rings is 3. The number of aromatic nitrogens is 1. The van der Waals surface area contributed by atoms with Crippen molar-refractivity contribution >= 4 is 45.8 Å². The third-order valence-electron chi connectivity index (χ3n) is 7.96. The summed E-state index contributed by atoms with van der Waals surface area (Å²) in [7, 11) is 1.46. The summed E-state index contributed by atoms with van der Waals surface area (Å²) < 4.78 is 45.8. The molecule has 50 heavy (non-hydrogen) atoms. The van der Waals surface area contributed by atoms with E-state index in [0.717, 1.165) is 6.07 Å². The fourth-order valence-corrected chi connectivity index (χ4v) is 5.06. The Morgan fingerprint density at radius 1 is 0.900 bits per heavy atom. The third kappa shape index (κ3) is 8.48. The van der Waals surface area contributed by atoms with Crippen LogP contribution >= 0.6 is 0 Å². The van der Waals surface area contributed by atoms with Gasteiger partial charge in [0.25, 0.3) is 0 Å². The third-order valence-corrected chi connectivity index (χ3v) is 7.96. The van der Waals surface area contributed by atoms with E-state index in [9.17, 15) is 23.6 Å². The molecule has 262 valence electrons. The summed E-state index contributed by atoms with van der Waals surface area (Å²) in [6.45, 7) is 1.69. The molecule has 1 heterocycles. The number of ether oxygens (including phenoxy) is 3. The minimum absolute atomic E-state index is 0.124. The molecule has 3 aromatic carbocycles. The maximum Gasteiger partial charge on any atom is 0.240 e. The molecular weight excluding hydrogens is 656 g/mol. The Balaban J connectivity index is 1.22. The van der Waals surface area contributed by atoms with Crippen LogP contribution in [0.25, 0.3) is 10.9 Å². The minimum Gasteiger partial charge on any atom is -0.493 e. The van der Waals surface area contributed by atoms with Crippen molar-refractivity contribution in [2.45, 2.75) is 38.6 Å². The van der Waals surface area contributed by atoms with E-state index < -0.39 is 40.8 Å². The predicted molar refractivity (Wildman–Crippen MR) is 177 cm³/mol. The van der Waals surface area contributed by atoms with E-state index in [-0.39, 0.29) is 42.5 Å². The second kappa shape index (κ2) is 15.7. The van der Waals surface area contributed by atoms with Gasteiger partial charge in [-0.1, -0.05) is 0 Å². The van der Waals surface area contributed by atoms with E-state index in [2.05, 4.69) is 20.9 Å². The van der Waals surface area contributed by atoms with E-state index in [4.69, 9.17) is 19.4 Å². The molecule has 0 spiro atoms. The molecule has 13 nitrogen and oxygen atoms in total. The molecular formula is C35H35F2N5O8. The van der Waals surface area contributed by atoms with Crippen molar-refractivity contribution in [2.75, 3.05) is 30.9 Å². The highest BCUT2D eigenvalue weighted by atomic mass is 19.1. The van der Waals surface area contributed by atoms with Gasteiger partial charge in [0.05, 0.1) is 19.2 Å². The Morgan fingerprint density at radius 2 is 1.60 bits per heavy atom. The van der Waals surface area contributed by atoms with Crippen LogP contribution in [-0.2, 0) is 19.2 Å². The number of rotatable bonds is 16. The first-order valence-electron chi connectivity index (χ1n) is 15.6. The number of nitrogens with zero attached hydrogens (tertiary/aromatic N) is 1. The molecule has 1 unspecified atom stereocenters. The van der Waals surface area contributed by atoms with Gasteiger partial charge in [-0.15, -0.1) is 0 Å². The molecule has 15 heteroatoms. The summed E-state index contributed by atoms with van der Waals surface area (Å²) in [5.41, 5.74) is 1.46. The number of ketones is 1. The molecule has 1 atom stereocenters. The molecule has 1 fully saturated rings. The number of hydroxylamine groups is 1. The standard InChI is InChI=1S/C35H35F2N5O8/c1-20(43)16-27(42-47)32(44)39-13-3-15-49-31-18-24-26(19-30(31)48-2)38-14-10-28(24)50-29-9-8-23(17-25(29)37)41-34(46)35(11-12-35)33(45)40-22-6-4-21(36)5-7-22/h4-10,14,17-19,27,42,47H,3,11-13,15-16H2,1-2H3,(H,39,44)(H,40,45)(H,41,46). The number of Topliss-reactive ketones (excluding diaryl/α,β-unsaturated/α-hetero) is 1. The Labute approximate surface area is 285 Å². The van der Waals surface area contributed by atoms with E-state index in [0.29, 0.717) is 47.4 Å². The number of anilines is 2. The van der Waals surface area contributed by atoms with Crippen LogP contribution in [0.15, 0.2) is 66.9 Å². The summed E-state index contributed by atoms with van der Waals surface area (Å²) >= 11 is 0. The zero-order valence-corrected chi connectivity index (χ0v) is 27.2. The lowest BCUT2D eigenvalue weighted by Crippen LogP contribution is -2.44. The maximum absolute atomic E-state index is 15.3. The van der Waals surface area contributed by atoms with Crippen LogP contribution in [0.4, 0.5) is 20.2 Å². The molecule has 0 radical (unpaired) electrons. The molecule has 1 aromatic heterocycles. The van der Waals surface area contributed by atoms with Crippen LogP contribution in [-0.4, -0.2) is 60.0 Å². The maximum atomic E-state index is 15.3. The highest BCUT2D eigenvalue weighted by Gasteiger charge is 2.56. The fourth-order valence-electron chi connectivity index (χ4n) is 5.06. The van der Waals surface area contributed by atoms with Crippen molar-refractivity contribution in [3.63, 3.8) is 0 Å². The Hall–Kier alpha value is -5.67. The lowest BCUT2D eigenvalue weighted by atomic mass is 10.0. The largest absolute Gasteiger partial charge is 0.493 e. The number of methoxy groups -OCH3 is 1. The SMILES string of the molecule is COc1cc2nccc(Oc3ccc(NC(=O)C4(C(=O)Nc5ccc(F)cc5)CC4)cc3F)c2cc1OCCCNC(=O)C(CC(C)=O)NO. The first kappa shape index (κ1) is 35.6. The van der Waals surface area contributed by atoms with Crippen molar-refractivity contribution in [2.24, 2.45) is 5.41 Å². The quantitative estimate of drug-likeness (QED) is 0.0618. The highest BCUT2D eigenvalue weighted by molar-refractivity contribution is 6.16. The summed E-state index contributed by atoms with van der Waals surface area (Å²) in [5, 5.41) is 17.5. The number of hydrogen-bond donors (Lipinski definition) is 5. The molecule has 4 aromatic rings. The number of nitrogens with one attached hydrogen (secondary N) is 4. The van der Waals surface area contributed by atoms with Gasteiger partial charge in [0.1, 0.15) is 28.8 Å². The van der Waals surface area contributed by atoms with Crippen molar-refractivity contribution < 1.29 is 47.4 Å². The van der Waals surface area contributed by atoms with Gasteiger partial charge in [0.15, 0.2) is 23.1 Å². The highest BCUT2D eigenvalue weighted by Crippen LogP contribution is 2.47. The van der Waals surface area contributed by atoms with Gasteiger partial charge in [-0.2, -0.15) is 5.48 Å². The number of hydrogen-bond acceptors (Lipinski definition) is 10. The number of carbonyl (C=O) groups excluding carboxylic acids is 4. The number of pyridine rings is 1. The molecule has 1 aliphatic carbocycles. The zero-order chi connectivity index (χ0) is 35.8. The Kier molecular flexibility index (Phi) is 11.2. The van der Waals surface area contributed by atoms with Gasteiger partial charge < -0.3 is 35.4 Å². The van der Waals surface area contributed by atoms with Crippen LogP contribution in [0, 0.1) is 17.0 Å². The average Bonchev–Trinajstić information content (AvgIpc) is 3.91. The van der Waals surface area contributed by atoms with Gasteiger partial charge >= 0.3 is 0 Å². The minimum atomic E-state index is -1.32. The second-order valence-electron chi connectivity index (χ2n) is 11.7. The van der Waals surface area contributed by atoms with Gasteiger partial charge in [-0.3, -0.25) is 24.2 Å². The predicted octanol–water partition coefficient (Wildman–Crippen LogP) is 4.88. The van der Waals surface area contributed by atoms with Crippen molar-refractivity contribution in [1.29, 1.82) is 0 Å². The molecule has 1 saturated carbocycles. The lowest BCUT2D eigenvalue weighted by Gasteiger charge is -2.16. The normalized spacial score (nSPS) is 13.5. The van der Waals surface area contributed by atoms with Crippen molar-refractivity contribution in [3.05, 3.63) is 78.5 Å². The Bertz CT molecular complexity index is 1900. The number of halogens is 2. The first-order valence-corrected chi connectivity index (χ1v) is 15.6. The topological polar surface area (TPSA) is 177 Å². The number of fused-ring (bicyclic) bond motifs is 1. The van der Waals surface area contributed by atoms with Crippen LogP contribution in [0.2, 0.25) is 0 Å². The summed E-state index contributed by atoms with van der Waals surface area (Å²) in [4.78, 5) is 53.7. The van der Waals surface area contributed by atoms with Crippen LogP contribution in [0.3, 0.4) is 0 Å². The van der Waals surface area contributed by atoms with Crippen molar-refractivity contribution in [3.8, 4) is 23.0 Å². The van der Waals surface area contributed by atoms with Gasteiger partial charge in [0.2, 0.25) is 17.7 Å². The Morgan fingerprint density at radius 3 is 2.24 bits per heavy atom. The van der Waals surface area contributed by atoms with Gasteiger partial charge in [-0.25, -0.2) is 8.78 Å². The first-order chi connectivity index (χ1) is 24.0. The lowest BCUT2D eigenvalue weighted by molar-refractivity contribution is -0.131. The summed E-state index contributed by atoms with van der Waals surface area (Å²) in [6.07, 6.45) is 2.33. The van der Waals surface area contributed by atoms with E-state index in [1.165, 1.54) is 56.6 Å². The molecule has 0 aliphatic heterocycles. The van der Waals surface area contributed by atoms with E-state index in [1.54, 1.807) is 18.2 Å². The molecule has 0 bridgehead atoms. The smallest absolute Gasteiger partial charge is 0.240 e. The zero-order valence-electron chi connectivity index (χ0n) is 27.2. The average molecular weight is 692 g/mol. The second-order valence-corrected chi connectivity index (χ2v) is 11.7. The van der Waals surface area contributed by atoms with E-state index >= 15 is 4.39 Å². The fraction of sp³-hybridized carbons (Fsp3) is 0.286. The van der Waals surface area contributed by atoms with Crippen LogP contribution in [0.5, 0.6) is 23.0 Å². The molecule has 0 saturated heterocycles. The van der Waals surface area contributed by atoms with Crippen LogP contribution in [0.1, 0.15) is 32.6 Å². The molecule has 5 rings (SSSR count). The molecule has 5 N–H and O–H groups in total. The summed E-state index contributed by atoms with van der Waals surface area (Å²) in [6, 6.07) is 12.8. The van der Waals surface area contributed by atoms with Crippen LogP contribution < -0.4 is 35.6 Å². The van der Waals surface area contributed by atoms with Gasteiger partial charge in [0, 0.05) is 48.1 Å². The number of amides is 3.